The highest BCUT2D eigenvalue weighted by atomic mass is 32.2. The average Bonchev–Trinajstić information content (AvgIpc) is 2.76. The lowest BCUT2D eigenvalue weighted by molar-refractivity contribution is -0.115. The molecule has 1 aromatic rings. The first-order valence-electron chi connectivity index (χ1n) is 6.30. The molecule has 1 unspecified atom stereocenters. The number of carbonyl (C=O) groups excluding carboxylic acids is 1. The fraction of sp³-hybridized carbons (Fsp3) is 0.429. The molecule has 19 heavy (non-hydrogen) atoms. The van der Waals surface area contributed by atoms with Crippen LogP contribution in [0.25, 0.3) is 0 Å². The van der Waals surface area contributed by atoms with Gasteiger partial charge in [-0.2, -0.15) is 0 Å². The largest absolute Gasteiger partial charge is 0.497 e. The van der Waals surface area contributed by atoms with Crippen LogP contribution >= 0.6 is 11.8 Å². The van der Waals surface area contributed by atoms with E-state index in [-0.39, 0.29) is 5.91 Å². The van der Waals surface area contributed by atoms with Crippen LogP contribution in [0, 0.1) is 5.41 Å². The van der Waals surface area contributed by atoms with E-state index < -0.39 is 0 Å². The van der Waals surface area contributed by atoms with Gasteiger partial charge >= 0.3 is 0 Å². The average molecular weight is 278 g/mol. The summed E-state index contributed by atoms with van der Waals surface area (Å²) < 4.78 is 5.24. The number of hydrogen-bond donors (Lipinski definition) is 1. The molecule has 0 saturated carbocycles. The van der Waals surface area contributed by atoms with Gasteiger partial charge in [0.1, 0.15) is 5.75 Å². The Hall–Kier alpha value is -1.49. The molecule has 1 fully saturated rings. The van der Waals surface area contributed by atoms with E-state index in [2.05, 4.69) is 13.8 Å². The summed E-state index contributed by atoms with van der Waals surface area (Å²) in [5, 5.41) is 8.22. The van der Waals surface area contributed by atoms with Gasteiger partial charge in [-0.3, -0.25) is 15.1 Å². The molecule has 1 aliphatic rings. The second-order valence-electron chi connectivity index (χ2n) is 4.56. The Balaban J connectivity index is 2.51. The predicted molar refractivity (Wildman–Crippen MR) is 79.4 cm³/mol. The van der Waals surface area contributed by atoms with Gasteiger partial charge in [0.2, 0.25) is 5.91 Å². The van der Waals surface area contributed by atoms with E-state index in [0.29, 0.717) is 22.6 Å². The lowest BCUT2D eigenvalue weighted by Crippen LogP contribution is -2.29. The summed E-state index contributed by atoms with van der Waals surface area (Å²) in [6, 6.07) is 5.74. The number of nitrogens with zero attached hydrogens (tertiary/aromatic N) is 1. The SMILES string of the molecule is CCC(C)c1ccc(OC)cc1N1C(=N)SCC1=O. The van der Waals surface area contributed by atoms with Gasteiger partial charge in [-0.1, -0.05) is 31.7 Å². The molecule has 4 nitrogen and oxygen atoms in total. The van der Waals surface area contributed by atoms with Crippen molar-refractivity contribution < 1.29 is 9.53 Å². The third-order valence-corrected chi connectivity index (χ3v) is 4.25. The van der Waals surface area contributed by atoms with Crippen molar-refractivity contribution >= 4 is 28.5 Å². The molecule has 1 aliphatic heterocycles. The van der Waals surface area contributed by atoms with E-state index in [4.69, 9.17) is 10.1 Å². The molecular weight excluding hydrogens is 260 g/mol. The predicted octanol–water partition coefficient (Wildman–Crippen LogP) is 3.22. The topological polar surface area (TPSA) is 53.4 Å². The van der Waals surface area contributed by atoms with Crippen molar-refractivity contribution in [1.82, 2.24) is 0 Å². The maximum absolute atomic E-state index is 12.0. The number of ether oxygens (including phenoxy) is 1. The summed E-state index contributed by atoms with van der Waals surface area (Å²) in [5.41, 5.74) is 1.87. The van der Waals surface area contributed by atoms with Crippen LogP contribution in [0.15, 0.2) is 18.2 Å². The lowest BCUT2D eigenvalue weighted by Gasteiger charge is -2.22. The molecule has 1 N–H and O–H groups in total. The Morgan fingerprint density at radius 2 is 2.26 bits per heavy atom. The number of methoxy groups -OCH3 is 1. The number of thioether (sulfide) groups is 1. The Morgan fingerprint density at radius 3 is 2.79 bits per heavy atom. The molecule has 102 valence electrons. The Bertz CT molecular complexity index is 500. The number of benzene rings is 1. The molecule has 1 heterocycles. The minimum atomic E-state index is -0.0344. The molecule has 1 amide bonds. The van der Waals surface area contributed by atoms with Crippen LogP contribution in [0.1, 0.15) is 31.7 Å². The van der Waals surface area contributed by atoms with Crippen LogP contribution in [0.3, 0.4) is 0 Å². The Morgan fingerprint density at radius 1 is 1.53 bits per heavy atom. The van der Waals surface area contributed by atoms with Crippen molar-refractivity contribution in [2.24, 2.45) is 0 Å². The van der Waals surface area contributed by atoms with Crippen LogP contribution in [0.4, 0.5) is 5.69 Å². The van der Waals surface area contributed by atoms with Gasteiger partial charge in [-0.25, -0.2) is 0 Å². The summed E-state index contributed by atoms with van der Waals surface area (Å²) in [5.74, 6) is 1.36. The second-order valence-corrected chi connectivity index (χ2v) is 5.52. The first-order valence-corrected chi connectivity index (χ1v) is 7.29. The number of rotatable bonds is 4. The molecule has 5 heteroatoms. The molecular formula is C14H18N2O2S. The quantitative estimate of drug-likeness (QED) is 0.920. The number of amidine groups is 1. The molecule has 1 saturated heterocycles. The van der Waals surface area contributed by atoms with Gasteiger partial charge in [-0.05, 0) is 24.0 Å². The normalized spacial score (nSPS) is 16.9. The maximum Gasteiger partial charge on any atom is 0.243 e. The van der Waals surface area contributed by atoms with Gasteiger partial charge in [0.15, 0.2) is 5.17 Å². The second kappa shape index (κ2) is 5.65. The van der Waals surface area contributed by atoms with E-state index in [9.17, 15) is 4.79 Å². The van der Waals surface area contributed by atoms with E-state index >= 15 is 0 Å². The third kappa shape index (κ3) is 2.61. The van der Waals surface area contributed by atoms with Gasteiger partial charge in [0.25, 0.3) is 0 Å². The van der Waals surface area contributed by atoms with E-state index in [1.807, 2.05) is 18.2 Å². The zero-order valence-corrected chi connectivity index (χ0v) is 12.2. The molecule has 1 atom stereocenters. The van der Waals surface area contributed by atoms with Crippen LogP contribution in [-0.4, -0.2) is 23.9 Å². The lowest BCUT2D eigenvalue weighted by atomic mass is 9.96. The molecule has 2 rings (SSSR count). The molecule has 0 spiro atoms. The zero-order valence-electron chi connectivity index (χ0n) is 11.4. The van der Waals surface area contributed by atoms with E-state index in [1.165, 1.54) is 16.7 Å². The summed E-state index contributed by atoms with van der Waals surface area (Å²) in [6.45, 7) is 4.24. The monoisotopic (exact) mass is 278 g/mol. The minimum Gasteiger partial charge on any atom is -0.497 e. The molecule has 0 aliphatic carbocycles. The van der Waals surface area contributed by atoms with Crippen molar-refractivity contribution in [2.75, 3.05) is 17.8 Å². The van der Waals surface area contributed by atoms with Crippen LogP contribution in [0.5, 0.6) is 5.75 Å². The van der Waals surface area contributed by atoms with Crippen LogP contribution in [0.2, 0.25) is 0 Å². The van der Waals surface area contributed by atoms with Gasteiger partial charge < -0.3 is 4.74 Å². The van der Waals surface area contributed by atoms with Crippen molar-refractivity contribution in [1.29, 1.82) is 5.41 Å². The summed E-state index contributed by atoms with van der Waals surface area (Å²) in [6.07, 6.45) is 0.988. The number of carbonyl (C=O) groups is 1. The fourth-order valence-corrected chi connectivity index (χ4v) is 2.82. The van der Waals surface area contributed by atoms with Crippen molar-refractivity contribution in [2.45, 2.75) is 26.2 Å². The van der Waals surface area contributed by atoms with Crippen LogP contribution in [-0.2, 0) is 4.79 Å². The highest BCUT2D eigenvalue weighted by Crippen LogP contribution is 2.36. The van der Waals surface area contributed by atoms with E-state index in [1.54, 1.807) is 7.11 Å². The minimum absolute atomic E-state index is 0.0344. The summed E-state index contributed by atoms with van der Waals surface area (Å²) in [7, 11) is 1.61. The standard InChI is InChI=1S/C14H18N2O2S/c1-4-9(2)11-6-5-10(18-3)7-12(11)16-13(17)8-19-14(16)15/h5-7,9,15H,4,8H2,1-3H3. The van der Waals surface area contributed by atoms with E-state index in [0.717, 1.165) is 17.7 Å². The summed E-state index contributed by atoms with van der Waals surface area (Å²) in [4.78, 5) is 13.5. The number of nitrogens with one attached hydrogen (secondary N) is 1. The highest BCUT2D eigenvalue weighted by Gasteiger charge is 2.31. The van der Waals surface area contributed by atoms with Gasteiger partial charge in [-0.15, -0.1) is 0 Å². The summed E-state index contributed by atoms with van der Waals surface area (Å²) >= 11 is 1.27. The molecule has 0 bridgehead atoms. The van der Waals surface area contributed by atoms with Gasteiger partial charge in [0.05, 0.1) is 18.6 Å². The maximum atomic E-state index is 12.0. The number of amides is 1. The third-order valence-electron chi connectivity index (χ3n) is 3.41. The first kappa shape index (κ1) is 13.9. The zero-order chi connectivity index (χ0) is 14.0. The number of hydrogen-bond acceptors (Lipinski definition) is 4. The first-order chi connectivity index (χ1) is 9.08. The van der Waals surface area contributed by atoms with Crippen molar-refractivity contribution in [3.05, 3.63) is 23.8 Å². The fourth-order valence-electron chi connectivity index (χ4n) is 2.10. The number of anilines is 1. The van der Waals surface area contributed by atoms with Crippen molar-refractivity contribution in [3.63, 3.8) is 0 Å². The van der Waals surface area contributed by atoms with Crippen molar-refractivity contribution in [3.8, 4) is 5.75 Å². The molecule has 0 radical (unpaired) electrons. The Kier molecular flexibility index (Phi) is 4.14. The molecule has 1 aromatic carbocycles. The van der Waals surface area contributed by atoms with Crippen LogP contribution < -0.4 is 9.64 Å². The molecule has 0 aromatic heterocycles. The Labute approximate surface area is 117 Å². The van der Waals surface area contributed by atoms with Gasteiger partial charge in [0, 0.05) is 6.07 Å². The highest BCUT2D eigenvalue weighted by molar-refractivity contribution is 8.15. The smallest absolute Gasteiger partial charge is 0.243 e.